The van der Waals surface area contributed by atoms with Crippen LogP contribution in [0.3, 0.4) is 0 Å². The number of hydrogen-bond acceptors (Lipinski definition) is 4. The summed E-state index contributed by atoms with van der Waals surface area (Å²) in [5, 5.41) is 4.12. The van der Waals surface area contributed by atoms with E-state index in [-0.39, 0.29) is 12.3 Å². The third-order valence-electron chi connectivity index (χ3n) is 4.97. The van der Waals surface area contributed by atoms with Crippen molar-refractivity contribution in [1.29, 1.82) is 0 Å². The van der Waals surface area contributed by atoms with Crippen LogP contribution in [0.4, 0.5) is 0 Å². The van der Waals surface area contributed by atoms with E-state index < -0.39 is 0 Å². The van der Waals surface area contributed by atoms with Crippen molar-refractivity contribution in [3.8, 4) is 11.5 Å². The summed E-state index contributed by atoms with van der Waals surface area (Å²) >= 11 is 5.67. The van der Waals surface area contributed by atoms with Crippen molar-refractivity contribution in [2.24, 2.45) is 5.10 Å². The molecule has 0 fully saturated rings. The quantitative estimate of drug-likeness (QED) is 0.173. The average Bonchev–Trinajstić information content (AvgIpc) is 2.77. The number of carbonyl (C=O) groups excluding carboxylic acids is 1. The fourth-order valence-electron chi connectivity index (χ4n) is 3.12. The SMILES string of the molecule is CCOc1cc(C=NNC(=O)Cc2ccc(C)c(C)c2)cc(I)c1OCc1ccc(Br)cc1. The van der Waals surface area contributed by atoms with Gasteiger partial charge in [-0.15, -0.1) is 0 Å². The molecule has 0 aromatic heterocycles. The second kappa shape index (κ2) is 12.2. The highest BCUT2D eigenvalue weighted by Crippen LogP contribution is 2.34. The van der Waals surface area contributed by atoms with Crippen molar-refractivity contribution in [1.82, 2.24) is 5.43 Å². The highest BCUT2D eigenvalue weighted by Gasteiger charge is 2.12. The summed E-state index contributed by atoms with van der Waals surface area (Å²) in [4.78, 5) is 12.3. The molecule has 0 aliphatic heterocycles. The summed E-state index contributed by atoms with van der Waals surface area (Å²) < 4.78 is 13.8. The Balaban J connectivity index is 1.65. The summed E-state index contributed by atoms with van der Waals surface area (Å²) in [5.74, 6) is 1.17. The van der Waals surface area contributed by atoms with Crippen molar-refractivity contribution >= 4 is 50.6 Å². The van der Waals surface area contributed by atoms with E-state index in [0.29, 0.717) is 24.7 Å². The Hall–Kier alpha value is -2.39. The summed E-state index contributed by atoms with van der Waals surface area (Å²) in [6.45, 7) is 6.97. The van der Waals surface area contributed by atoms with E-state index in [1.54, 1.807) is 6.21 Å². The van der Waals surface area contributed by atoms with Gasteiger partial charge >= 0.3 is 0 Å². The maximum Gasteiger partial charge on any atom is 0.244 e. The molecule has 0 heterocycles. The van der Waals surface area contributed by atoms with Gasteiger partial charge in [0, 0.05) is 4.47 Å². The molecular weight excluding hydrogens is 595 g/mol. The number of halogens is 2. The number of benzene rings is 3. The van der Waals surface area contributed by atoms with Crippen LogP contribution in [0.15, 0.2) is 64.2 Å². The number of nitrogens with one attached hydrogen (secondary N) is 1. The number of ether oxygens (including phenoxy) is 2. The van der Waals surface area contributed by atoms with Crippen molar-refractivity contribution in [2.75, 3.05) is 6.61 Å². The average molecular weight is 621 g/mol. The zero-order valence-electron chi connectivity index (χ0n) is 18.8. The lowest BCUT2D eigenvalue weighted by Crippen LogP contribution is -2.19. The van der Waals surface area contributed by atoms with Crippen LogP contribution < -0.4 is 14.9 Å². The standard InChI is InChI=1S/C26H26BrIN2O3/c1-4-32-24-13-21(12-23(28)26(24)33-16-19-7-9-22(27)10-8-19)15-29-30-25(31)14-20-6-5-17(2)18(3)11-20/h5-13,15H,4,14,16H2,1-3H3,(H,30,31). The fraction of sp³-hybridized carbons (Fsp3) is 0.231. The molecule has 1 N–H and O–H groups in total. The summed E-state index contributed by atoms with van der Waals surface area (Å²) in [6.07, 6.45) is 1.89. The van der Waals surface area contributed by atoms with E-state index in [0.717, 1.165) is 24.7 Å². The van der Waals surface area contributed by atoms with Crippen molar-refractivity contribution < 1.29 is 14.3 Å². The van der Waals surface area contributed by atoms with E-state index in [1.165, 1.54) is 11.1 Å². The lowest BCUT2D eigenvalue weighted by molar-refractivity contribution is -0.120. The Kier molecular flexibility index (Phi) is 9.31. The number of carbonyl (C=O) groups is 1. The molecule has 172 valence electrons. The maximum atomic E-state index is 12.3. The van der Waals surface area contributed by atoms with Gasteiger partial charge in [-0.05, 0) is 95.4 Å². The molecule has 3 aromatic carbocycles. The van der Waals surface area contributed by atoms with Gasteiger partial charge in [0.1, 0.15) is 6.61 Å². The Morgan fingerprint density at radius 2 is 1.76 bits per heavy atom. The topological polar surface area (TPSA) is 59.9 Å². The molecule has 5 nitrogen and oxygen atoms in total. The number of aryl methyl sites for hydroxylation is 2. The van der Waals surface area contributed by atoms with Gasteiger partial charge in [-0.3, -0.25) is 4.79 Å². The van der Waals surface area contributed by atoms with Crippen LogP contribution in [-0.4, -0.2) is 18.7 Å². The molecule has 0 aliphatic rings. The third kappa shape index (κ3) is 7.57. The Morgan fingerprint density at radius 1 is 1.03 bits per heavy atom. The van der Waals surface area contributed by atoms with E-state index >= 15 is 0 Å². The number of hydrogen-bond donors (Lipinski definition) is 1. The first-order valence-corrected chi connectivity index (χ1v) is 12.4. The third-order valence-corrected chi connectivity index (χ3v) is 6.30. The zero-order chi connectivity index (χ0) is 23.8. The predicted molar refractivity (Wildman–Crippen MR) is 144 cm³/mol. The first-order chi connectivity index (χ1) is 15.9. The summed E-state index contributed by atoms with van der Waals surface area (Å²) in [7, 11) is 0. The van der Waals surface area contributed by atoms with E-state index in [2.05, 4.69) is 56.0 Å². The van der Waals surface area contributed by atoms with Gasteiger partial charge < -0.3 is 9.47 Å². The van der Waals surface area contributed by atoms with Crippen LogP contribution in [0.1, 0.15) is 34.7 Å². The normalized spacial score (nSPS) is 10.9. The summed E-state index contributed by atoms with van der Waals surface area (Å²) in [6, 6.07) is 17.8. The van der Waals surface area contributed by atoms with Crippen LogP contribution >= 0.6 is 38.5 Å². The Bertz CT molecular complexity index is 1150. The molecule has 0 radical (unpaired) electrons. The Labute approximate surface area is 216 Å². The first kappa shape index (κ1) is 25.2. The van der Waals surface area contributed by atoms with Crippen LogP contribution in [0, 0.1) is 17.4 Å². The van der Waals surface area contributed by atoms with Gasteiger partial charge in [0.25, 0.3) is 0 Å². The number of nitrogens with zero attached hydrogens (tertiary/aromatic N) is 1. The molecule has 0 saturated heterocycles. The minimum Gasteiger partial charge on any atom is -0.490 e. The van der Waals surface area contributed by atoms with E-state index in [1.807, 2.05) is 68.4 Å². The van der Waals surface area contributed by atoms with Crippen molar-refractivity contribution in [3.63, 3.8) is 0 Å². The first-order valence-electron chi connectivity index (χ1n) is 10.6. The zero-order valence-corrected chi connectivity index (χ0v) is 22.6. The summed E-state index contributed by atoms with van der Waals surface area (Å²) in [5.41, 5.74) is 7.82. The van der Waals surface area contributed by atoms with Gasteiger partial charge in [0.2, 0.25) is 5.91 Å². The monoisotopic (exact) mass is 620 g/mol. The molecule has 33 heavy (non-hydrogen) atoms. The van der Waals surface area contributed by atoms with Crippen molar-refractivity contribution in [2.45, 2.75) is 33.8 Å². The van der Waals surface area contributed by atoms with Crippen LogP contribution in [-0.2, 0) is 17.8 Å². The van der Waals surface area contributed by atoms with Gasteiger partial charge in [-0.25, -0.2) is 5.43 Å². The lowest BCUT2D eigenvalue weighted by Gasteiger charge is -2.15. The number of amides is 1. The number of hydrazone groups is 1. The molecule has 0 saturated carbocycles. The molecule has 3 aromatic rings. The van der Waals surface area contributed by atoms with Gasteiger partial charge in [-0.1, -0.05) is 46.3 Å². The molecule has 0 unspecified atom stereocenters. The second-order valence-corrected chi connectivity index (χ2v) is 9.64. The molecule has 7 heteroatoms. The number of rotatable bonds is 9. The molecule has 1 amide bonds. The van der Waals surface area contributed by atoms with E-state index in [9.17, 15) is 4.79 Å². The minimum atomic E-state index is -0.163. The van der Waals surface area contributed by atoms with Gasteiger partial charge in [0.05, 0.1) is 22.8 Å². The molecule has 0 atom stereocenters. The smallest absolute Gasteiger partial charge is 0.244 e. The molecule has 0 aliphatic carbocycles. The van der Waals surface area contributed by atoms with Gasteiger partial charge in [-0.2, -0.15) is 5.10 Å². The highest BCUT2D eigenvalue weighted by molar-refractivity contribution is 14.1. The second-order valence-electron chi connectivity index (χ2n) is 7.57. The Morgan fingerprint density at radius 3 is 2.45 bits per heavy atom. The molecule has 0 spiro atoms. The van der Waals surface area contributed by atoms with Crippen LogP contribution in [0.25, 0.3) is 0 Å². The lowest BCUT2D eigenvalue weighted by atomic mass is 10.0. The fourth-order valence-corrected chi connectivity index (χ4v) is 4.16. The molecular formula is C26H26BrIN2O3. The largest absolute Gasteiger partial charge is 0.490 e. The highest BCUT2D eigenvalue weighted by atomic mass is 127. The minimum absolute atomic E-state index is 0.163. The molecule has 0 bridgehead atoms. The van der Waals surface area contributed by atoms with E-state index in [4.69, 9.17) is 9.47 Å². The predicted octanol–water partition coefficient (Wildman–Crippen LogP) is 6.34. The van der Waals surface area contributed by atoms with Crippen LogP contribution in [0.5, 0.6) is 11.5 Å². The molecule has 3 rings (SSSR count). The van der Waals surface area contributed by atoms with Crippen molar-refractivity contribution in [3.05, 3.63) is 90.5 Å². The van der Waals surface area contributed by atoms with Gasteiger partial charge in [0.15, 0.2) is 11.5 Å². The van der Waals surface area contributed by atoms with Crippen LogP contribution in [0.2, 0.25) is 0 Å². The maximum absolute atomic E-state index is 12.3.